The van der Waals surface area contributed by atoms with Gasteiger partial charge in [-0.05, 0) is 50.0 Å². The van der Waals surface area contributed by atoms with Crippen molar-refractivity contribution in [1.29, 1.82) is 0 Å². The summed E-state index contributed by atoms with van der Waals surface area (Å²) < 4.78 is 4.29. The topological polar surface area (TPSA) is 51.8 Å². The third-order valence-corrected chi connectivity index (χ3v) is 6.25. The highest BCUT2D eigenvalue weighted by Gasteiger charge is 2.32. The Morgan fingerprint density at radius 3 is 2.64 bits per heavy atom. The average molecular weight is 361 g/mol. The van der Waals surface area contributed by atoms with Crippen molar-refractivity contribution in [1.82, 2.24) is 24.5 Å². The largest absolute Gasteiger partial charge is 0.341 e. The molecule has 0 aromatic carbocycles. The van der Waals surface area contributed by atoms with E-state index < -0.39 is 0 Å². The van der Waals surface area contributed by atoms with E-state index in [1.807, 2.05) is 29.7 Å². The Bertz CT molecular complexity index is 696. The maximum absolute atomic E-state index is 4.57. The summed E-state index contributed by atoms with van der Waals surface area (Å²) in [5.74, 6) is 3.04. The minimum atomic E-state index is 0.630. The third-order valence-electron chi connectivity index (χ3n) is 5.22. The number of piperidine rings is 1. The normalized spacial score (nSPS) is 18.9. The molecular weight excluding hydrogens is 332 g/mol. The number of nitrogens with zero attached hydrogens (tertiary/aromatic N) is 6. The Hall–Kier alpha value is -1.50. The lowest BCUT2D eigenvalue weighted by Gasteiger charge is -2.31. The fourth-order valence-electron chi connectivity index (χ4n) is 3.48. The second kappa shape index (κ2) is 7.40. The van der Waals surface area contributed by atoms with Crippen molar-refractivity contribution in [3.8, 4) is 0 Å². The maximum atomic E-state index is 4.57. The van der Waals surface area contributed by atoms with Crippen molar-refractivity contribution < 1.29 is 0 Å². The summed E-state index contributed by atoms with van der Waals surface area (Å²) in [7, 11) is 1.97. The molecule has 3 heterocycles. The lowest BCUT2D eigenvalue weighted by Crippen LogP contribution is -2.34. The second-order valence-corrected chi connectivity index (χ2v) is 8.59. The smallest absolute Gasteiger partial charge is 0.228 e. The molecule has 2 aromatic heterocycles. The van der Waals surface area contributed by atoms with Crippen LogP contribution < -0.4 is 4.90 Å². The summed E-state index contributed by atoms with van der Waals surface area (Å²) in [4.78, 5) is 2.45. The van der Waals surface area contributed by atoms with Crippen molar-refractivity contribution >= 4 is 17.7 Å². The van der Waals surface area contributed by atoms with Crippen LogP contribution >= 0.6 is 11.8 Å². The summed E-state index contributed by atoms with van der Waals surface area (Å²) in [6.07, 6.45) is 11.4. The lowest BCUT2D eigenvalue weighted by atomic mass is 10.00. The zero-order valence-electron chi connectivity index (χ0n) is 15.3. The summed E-state index contributed by atoms with van der Waals surface area (Å²) >= 11 is 1.86. The molecule has 0 amide bonds. The molecule has 1 saturated heterocycles. The first-order valence-corrected chi connectivity index (χ1v) is 10.5. The average Bonchev–Trinajstić information content (AvgIpc) is 3.23. The van der Waals surface area contributed by atoms with Gasteiger partial charge in [0, 0.05) is 38.1 Å². The number of aromatic nitrogens is 5. The van der Waals surface area contributed by atoms with Gasteiger partial charge in [0.25, 0.3) is 0 Å². The van der Waals surface area contributed by atoms with Crippen LogP contribution in [-0.4, -0.2) is 43.4 Å². The van der Waals surface area contributed by atoms with E-state index in [2.05, 4.69) is 37.9 Å². The van der Waals surface area contributed by atoms with Gasteiger partial charge in [-0.3, -0.25) is 9.25 Å². The van der Waals surface area contributed by atoms with E-state index in [9.17, 15) is 0 Å². The van der Waals surface area contributed by atoms with E-state index in [4.69, 9.17) is 0 Å². The van der Waals surface area contributed by atoms with Gasteiger partial charge in [0.1, 0.15) is 0 Å². The first-order valence-electron chi connectivity index (χ1n) is 9.51. The predicted molar refractivity (Wildman–Crippen MR) is 101 cm³/mol. The summed E-state index contributed by atoms with van der Waals surface area (Å²) in [5, 5.41) is 14.5. The standard InChI is InChI=1S/C18H28N6S/c1-14-7-9-23(10-8-14)17-20-21-18(24(17)16-5-6-16)25-11-3-4-15-12-19-22(2)13-15/h12-14,16H,3-11H2,1-2H3. The molecule has 1 aliphatic heterocycles. The van der Waals surface area contributed by atoms with Crippen LogP contribution in [0.3, 0.4) is 0 Å². The fourth-order valence-corrected chi connectivity index (χ4v) is 4.42. The van der Waals surface area contributed by atoms with Crippen LogP contribution in [0, 0.1) is 5.92 Å². The van der Waals surface area contributed by atoms with E-state index in [0.29, 0.717) is 6.04 Å². The van der Waals surface area contributed by atoms with Gasteiger partial charge in [-0.2, -0.15) is 5.10 Å². The lowest BCUT2D eigenvalue weighted by molar-refractivity contribution is 0.429. The zero-order valence-corrected chi connectivity index (χ0v) is 16.1. The highest BCUT2D eigenvalue weighted by Crippen LogP contribution is 2.41. The Balaban J connectivity index is 1.36. The molecule has 4 rings (SSSR count). The van der Waals surface area contributed by atoms with Gasteiger partial charge in [0.05, 0.1) is 6.20 Å². The molecule has 0 atom stereocenters. The van der Waals surface area contributed by atoms with Crippen LogP contribution in [0.4, 0.5) is 5.95 Å². The first kappa shape index (κ1) is 16.9. The molecule has 136 valence electrons. The van der Waals surface area contributed by atoms with Gasteiger partial charge >= 0.3 is 0 Å². The highest BCUT2D eigenvalue weighted by molar-refractivity contribution is 7.99. The maximum Gasteiger partial charge on any atom is 0.228 e. The molecule has 2 fully saturated rings. The van der Waals surface area contributed by atoms with Crippen molar-refractivity contribution in [2.24, 2.45) is 13.0 Å². The number of anilines is 1. The van der Waals surface area contributed by atoms with E-state index in [0.717, 1.165) is 48.7 Å². The van der Waals surface area contributed by atoms with Crippen molar-refractivity contribution in [2.45, 2.75) is 56.6 Å². The number of thioether (sulfide) groups is 1. The SMILES string of the molecule is CC1CCN(c2nnc(SCCCc3cnn(C)c3)n2C2CC2)CC1. The molecule has 2 aromatic rings. The molecule has 6 nitrogen and oxygen atoms in total. The Labute approximate surface area is 154 Å². The molecule has 25 heavy (non-hydrogen) atoms. The van der Waals surface area contributed by atoms with Crippen LogP contribution in [-0.2, 0) is 13.5 Å². The van der Waals surface area contributed by atoms with Gasteiger partial charge in [0.15, 0.2) is 5.16 Å². The fraction of sp³-hybridized carbons (Fsp3) is 0.722. The molecule has 0 bridgehead atoms. The Morgan fingerprint density at radius 2 is 1.96 bits per heavy atom. The molecule has 1 saturated carbocycles. The van der Waals surface area contributed by atoms with Crippen molar-refractivity contribution in [2.75, 3.05) is 23.7 Å². The minimum absolute atomic E-state index is 0.630. The summed E-state index contributed by atoms with van der Waals surface area (Å²) in [6, 6.07) is 0.630. The molecule has 0 unspecified atom stereocenters. The van der Waals surface area contributed by atoms with Crippen molar-refractivity contribution in [3.05, 3.63) is 18.0 Å². The monoisotopic (exact) mass is 360 g/mol. The zero-order chi connectivity index (χ0) is 17.2. The van der Waals surface area contributed by atoms with E-state index in [1.165, 1.54) is 31.2 Å². The number of aryl methyl sites for hydroxylation is 2. The van der Waals surface area contributed by atoms with Gasteiger partial charge < -0.3 is 4.90 Å². The molecular formula is C18H28N6S. The number of hydrogen-bond donors (Lipinski definition) is 0. The van der Waals surface area contributed by atoms with Crippen molar-refractivity contribution in [3.63, 3.8) is 0 Å². The van der Waals surface area contributed by atoms with E-state index in [1.54, 1.807) is 0 Å². The molecule has 0 radical (unpaired) electrons. The van der Waals surface area contributed by atoms with Crippen LogP contribution in [0.5, 0.6) is 0 Å². The molecule has 0 spiro atoms. The Morgan fingerprint density at radius 1 is 1.16 bits per heavy atom. The third kappa shape index (κ3) is 4.02. The van der Waals surface area contributed by atoms with Crippen LogP contribution in [0.1, 0.15) is 50.6 Å². The Kier molecular flexibility index (Phi) is 5.01. The van der Waals surface area contributed by atoms with Crippen LogP contribution in [0.25, 0.3) is 0 Å². The van der Waals surface area contributed by atoms with Gasteiger partial charge in [-0.25, -0.2) is 0 Å². The molecule has 7 heteroatoms. The summed E-state index contributed by atoms with van der Waals surface area (Å²) in [6.45, 7) is 4.60. The molecule has 0 N–H and O–H groups in total. The first-order chi connectivity index (χ1) is 12.2. The van der Waals surface area contributed by atoms with E-state index in [-0.39, 0.29) is 0 Å². The van der Waals surface area contributed by atoms with Gasteiger partial charge in [-0.15, -0.1) is 10.2 Å². The van der Waals surface area contributed by atoms with Gasteiger partial charge in [0.2, 0.25) is 5.95 Å². The quantitative estimate of drug-likeness (QED) is 0.560. The number of hydrogen-bond acceptors (Lipinski definition) is 5. The molecule has 2 aliphatic rings. The van der Waals surface area contributed by atoms with E-state index >= 15 is 0 Å². The molecule has 1 aliphatic carbocycles. The predicted octanol–water partition coefficient (Wildman–Crippen LogP) is 3.31. The highest BCUT2D eigenvalue weighted by atomic mass is 32.2. The number of rotatable bonds is 7. The van der Waals surface area contributed by atoms with Crippen LogP contribution in [0.15, 0.2) is 17.6 Å². The summed E-state index contributed by atoms with van der Waals surface area (Å²) in [5.41, 5.74) is 1.31. The van der Waals surface area contributed by atoms with Gasteiger partial charge in [-0.1, -0.05) is 18.7 Å². The minimum Gasteiger partial charge on any atom is -0.341 e. The van der Waals surface area contributed by atoms with Crippen LogP contribution in [0.2, 0.25) is 0 Å². The second-order valence-electron chi connectivity index (χ2n) is 7.53.